The van der Waals surface area contributed by atoms with Crippen molar-refractivity contribution in [2.45, 2.75) is 19.1 Å². The SMILES string of the molecule is COc1ccccc1[P@](c1ccccc1)N(C)[C@H](C)[C@@H](OP(c1ccccc1)c1ccccc1)c1ccccc1. The zero-order valence-electron chi connectivity index (χ0n) is 23.2. The van der Waals surface area contributed by atoms with Gasteiger partial charge in [0.05, 0.1) is 15.3 Å². The normalized spacial score (nSPS) is 13.6. The molecule has 3 atom stereocenters. The van der Waals surface area contributed by atoms with E-state index in [0.717, 1.165) is 5.75 Å². The van der Waals surface area contributed by atoms with Crippen LogP contribution in [0.25, 0.3) is 0 Å². The molecule has 0 unspecified atom stereocenters. The molecule has 40 heavy (non-hydrogen) atoms. The van der Waals surface area contributed by atoms with Crippen LogP contribution in [-0.4, -0.2) is 24.9 Å². The van der Waals surface area contributed by atoms with E-state index in [1.807, 2.05) is 6.07 Å². The zero-order valence-corrected chi connectivity index (χ0v) is 25.0. The van der Waals surface area contributed by atoms with E-state index in [1.165, 1.54) is 26.8 Å². The number of hydrogen-bond acceptors (Lipinski definition) is 3. The Labute approximate surface area is 241 Å². The summed E-state index contributed by atoms with van der Waals surface area (Å²) in [6.07, 6.45) is -0.166. The lowest BCUT2D eigenvalue weighted by molar-refractivity contribution is 0.154. The number of ether oxygens (including phenoxy) is 1. The smallest absolute Gasteiger partial charge is 0.128 e. The fourth-order valence-corrected chi connectivity index (χ4v) is 9.30. The van der Waals surface area contributed by atoms with Gasteiger partial charge in [0, 0.05) is 30.0 Å². The van der Waals surface area contributed by atoms with E-state index in [1.54, 1.807) is 7.11 Å². The minimum absolute atomic E-state index is 0.0519. The second kappa shape index (κ2) is 13.8. The molecule has 0 fully saturated rings. The van der Waals surface area contributed by atoms with Crippen LogP contribution in [0, 0.1) is 0 Å². The molecule has 0 aliphatic rings. The summed E-state index contributed by atoms with van der Waals surface area (Å²) in [5.74, 6) is 0.907. The monoisotopic (exact) mass is 563 g/mol. The van der Waals surface area contributed by atoms with E-state index >= 15 is 0 Å². The molecule has 0 aliphatic heterocycles. The van der Waals surface area contributed by atoms with Crippen molar-refractivity contribution >= 4 is 37.4 Å². The molecule has 0 bridgehead atoms. The molecule has 202 valence electrons. The number of benzene rings is 5. The third-order valence-electron chi connectivity index (χ3n) is 6.99. The highest BCUT2D eigenvalue weighted by Crippen LogP contribution is 2.48. The predicted molar refractivity (Wildman–Crippen MR) is 172 cm³/mol. The van der Waals surface area contributed by atoms with Gasteiger partial charge in [-0.3, -0.25) is 4.67 Å². The van der Waals surface area contributed by atoms with Crippen LogP contribution in [0.4, 0.5) is 0 Å². The van der Waals surface area contributed by atoms with Gasteiger partial charge in [-0.15, -0.1) is 0 Å². The molecule has 5 rings (SSSR count). The average Bonchev–Trinajstić information content (AvgIpc) is 3.03. The van der Waals surface area contributed by atoms with Gasteiger partial charge in [-0.05, 0) is 37.0 Å². The Hall–Kier alpha value is -3.32. The number of likely N-dealkylation sites (N-methyl/N-ethyl adjacent to an activating group) is 1. The Morgan fingerprint density at radius 3 is 1.55 bits per heavy atom. The fourth-order valence-electron chi connectivity index (χ4n) is 4.82. The summed E-state index contributed by atoms with van der Waals surface area (Å²) in [6.45, 7) is 2.29. The highest BCUT2D eigenvalue weighted by molar-refractivity contribution is 7.71. The summed E-state index contributed by atoms with van der Waals surface area (Å²) in [5.41, 5.74) is 1.17. The first-order chi connectivity index (χ1) is 19.7. The quantitative estimate of drug-likeness (QED) is 0.159. The molecule has 0 heterocycles. The maximum Gasteiger partial charge on any atom is 0.128 e. The van der Waals surface area contributed by atoms with Crippen LogP contribution < -0.4 is 26.0 Å². The van der Waals surface area contributed by atoms with Crippen molar-refractivity contribution in [1.82, 2.24) is 4.67 Å². The first-order valence-electron chi connectivity index (χ1n) is 13.5. The number of rotatable bonds is 11. The van der Waals surface area contributed by atoms with Crippen LogP contribution in [0.2, 0.25) is 0 Å². The Kier molecular flexibility index (Phi) is 9.76. The molecule has 0 aliphatic carbocycles. The van der Waals surface area contributed by atoms with Gasteiger partial charge in [-0.25, -0.2) is 0 Å². The predicted octanol–water partition coefficient (Wildman–Crippen LogP) is 7.17. The largest absolute Gasteiger partial charge is 0.496 e. The van der Waals surface area contributed by atoms with Crippen molar-refractivity contribution in [3.05, 3.63) is 151 Å². The van der Waals surface area contributed by atoms with Crippen LogP contribution in [0.15, 0.2) is 146 Å². The van der Waals surface area contributed by atoms with E-state index in [2.05, 4.69) is 158 Å². The molecule has 3 nitrogen and oxygen atoms in total. The lowest BCUT2D eigenvalue weighted by Gasteiger charge is -2.39. The topological polar surface area (TPSA) is 21.7 Å². The summed E-state index contributed by atoms with van der Waals surface area (Å²) in [4.78, 5) is 0. The van der Waals surface area contributed by atoms with Crippen molar-refractivity contribution < 1.29 is 9.26 Å². The first kappa shape index (κ1) is 28.2. The Morgan fingerprint density at radius 1 is 0.575 bits per heavy atom. The second-order valence-electron chi connectivity index (χ2n) is 9.54. The highest BCUT2D eigenvalue weighted by Gasteiger charge is 2.34. The third-order valence-corrected chi connectivity index (χ3v) is 11.6. The lowest BCUT2D eigenvalue weighted by Crippen LogP contribution is -2.37. The van der Waals surface area contributed by atoms with Gasteiger partial charge in [0.25, 0.3) is 0 Å². The number of methoxy groups -OCH3 is 1. The number of nitrogens with zero attached hydrogens (tertiary/aromatic N) is 1. The van der Waals surface area contributed by atoms with Gasteiger partial charge in [0.2, 0.25) is 0 Å². The molecule has 0 aromatic heterocycles. The summed E-state index contributed by atoms with van der Waals surface area (Å²) >= 11 is 0. The standard InChI is InChI=1S/C35H35NO2P2/c1-28(36(2)39(30-20-10-5-11-21-30)34-27-17-16-26-33(34)37-3)35(29-18-8-4-9-19-29)38-40(31-22-12-6-13-23-31)32-24-14-7-15-25-32/h4-28,35H,1-3H3/t28-,35-,39+/m1/s1. The summed E-state index contributed by atoms with van der Waals surface area (Å²) < 4.78 is 15.6. The Morgan fingerprint density at radius 2 is 1.02 bits per heavy atom. The van der Waals surface area contributed by atoms with E-state index in [4.69, 9.17) is 9.26 Å². The molecular formula is C35H35NO2P2. The lowest BCUT2D eigenvalue weighted by atomic mass is 10.0. The maximum absolute atomic E-state index is 7.27. The Bertz CT molecular complexity index is 1410. The molecule has 5 heteroatoms. The minimum atomic E-state index is -1.05. The van der Waals surface area contributed by atoms with Gasteiger partial charge in [0.1, 0.15) is 11.9 Å². The van der Waals surface area contributed by atoms with Gasteiger partial charge >= 0.3 is 0 Å². The van der Waals surface area contributed by atoms with Gasteiger partial charge in [-0.1, -0.05) is 133 Å². The van der Waals surface area contributed by atoms with Crippen LogP contribution in [0.1, 0.15) is 18.6 Å². The number of para-hydroxylation sites is 1. The molecular weight excluding hydrogens is 528 g/mol. The van der Waals surface area contributed by atoms with Crippen molar-refractivity contribution in [3.8, 4) is 5.75 Å². The molecule has 5 aromatic rings. The summed E-state index contributed by atoms with van der Waals surface area (Å²) in [5, 5.41) is 4.88. The van der Waals surface area contributed by atoms with Crippen molar-refractivity contribution in [3.63, 3.8) is 0 Å². The molecule has 0 amide bonds. The summed E-state index contributed by atoms with van der Waals surface area (Å²) in [7, 11) is 2.03. The van der Waals surface area contributed by atoms with Gasteiger partial charge in [0.15, 0.2) is 0 Å². The van der Waals surface area contributed by atoms with E-state index < -0.39 is 16.2 Å². The summed E-state index contributed by atoms with van der Waals surface area (Å²) in [6, 6.07) is 51.1. The van der Waals surface area contributed by atoms with E-state index in [-0.39, 0.29) is 12.1 Å². The fraction of sp³-hybridized carbons (Fsp3) is 0.143. The van der Waals surface area contributed by atoms with Crippen molar-refractivity contribution in [1.29, 1.82) is 0 Å². The van der Waals surface area contributed by atoms with E-state index in [0.29, 0.717) is 0 Å². The molecule has 0 N–H and O–H groups in total. The molecule has 0 saturated heterocycles. The van der Waals surface area contributed by atoms with Crippen LogP contribution >= 0.6 is 16.2 Å². The van der Waals surface area contributed by atoms with E-state index in [9.17, 15) is 0 Å². The maximum atomic E-state index is 7.27. The molecule has 0 spiro atoms. The molecule has 0 saturated carbocycles. The number of hydrogen-bond donors (Lipinski definition) is 0. The second-order valence-corrected chi connectivity index (χ2v) is 13.6. The van der Waals surface area contributed by atoms with Gasteiger partial charge < -0.3 is 9.26 Å². The van der Waals surface area contributed by atoms with Crippen LogP contribution in [0.3, 0.4) is 0 Å². The third kappa shape index (κ3) is 6.52. The minimum Gasteiger partial charge on any atom is -0.496 e. The van der Waals surface area contributed by atoms with Crippen molar-refractivity contribution in [2.75, 3.05) is 14.2 Å². The van der Waals surface area contributed by atoms with Crippen LogP contribution in [-0.2, 0) is 4.52 Å². The average molecular weight is 564 g/mol. The van der Waals surface area contributed by atoms with Crippen LogP contribution in [0.5, 0.6) is 5.75 Å². The first-order valence-corrected chi connectivity index (χ1v) is 16.1. The molecule has 5 aromatic carbocycles. The highest BCUT2D eigenvalue weighted by atomic mass is 31.1. The molecule has 0 radical (unpaired) electrons. The van der Waals surface area contributed by atoms with Crippen molar-refractivity contribution in [2.24, 2.45) is 0 Å². The van der Waals surface area contributed by atoms with Gasteiger partial charge in [-0.2, -0.15) is 0 Å². The zero-order chi connectivity index (χ0) is 27.7. The Balaban J connectivity index is 1.58.